The highest BCUT2D eigenvalue weighted by Gasteiger charge is 2.57. The molecule has 4 rings (SSSR count). The molecule has 2 atom stereocenters. The Morgan fingerprint density at radius 3 is 3.00 bits per heavy atom. The predicted molar refractivity (Wildman–Crippen MR) is 89.6 cm³/mol. The Morgan fingerprint density at radius 1 is 1.39 bits per heavy atom. The Hall–Kier alpha value is -2.30. The summed E-state index contributed by atoms with van der Waals surface area (Å²) in [7, 11) is 0. The van der Waals surface area contributed by atoms with E-state index >= 15 is 0 Å². The molecule has 5 heteroatoms. The van der Waals surface area contributed by atoms with Crippen molar-refractivity contribution < 1.29 is 4.79 Å². The zero-order valence-electron chi connectivity index (χ0n) is 13.6. The monoisotopic (exact) mass is 310 g/mol. The number of fused-ring (bicyclic) bond motifs is 2. The van der Waals surface area contributed by atoms with Crippen molar-refractivity contribution in [3.05, 3.63) is 46.8 Å². The summed E-state index contributed by atoms with van der Waals surface area (Å²) in [5, 5.41) is 12.9. The van der Waals surface area contributed by atoms with Gasteiger partial charge < -0.3 is 10.6 Å². The molecule has 0 radical (unpaired) electrons. The molecule has 1 aromatic carbocycles. The summed E-state index contributed by atoms with van der Waals surface area (Å²) in [6.07, 6.45) is 3.58. The van der Waals surface area contributed by atoms with Crippen LogP contribution in [0.5, 0.6) is 0 Å². The topological polar surface area (TPSA) is 69.8 Å². The number of urea groups is 1. The van der Waals surface area contributed by atoms with E-state index in [0.717, 1.165) is 23.6 Å². The van der Waals surface area contributed by atoms with Crippen LogP contribution < -0.4 is 10.6 Å². The van der Waals surface area contributed by atoms with E-state index in [1.807, 2.05) is 13.8 Å². The first-order chi connectivity index (χ1) is 11.1. The van der Waals surface area contributed by atoms with Crippen LogP contribution in [0.4, 0.5) is 10.5 Å². The lowest BCUT2D eigenvalue weighted by Crippen LogP contribution is -2.32. The second-order valence-corrected chi connectivity index (χ2v) is 6.86. The fourth-order valence-electron chi connectivity index (χ4n) is 4.11. The first kappa shape index (κ1) is 14.3. The van der Waals surface area contributed by atoms with Crippen LogP contribution in [0.3, 0.4) is 0 Å². The number of carbonyl (C=O) groups is 1. The van der Waals surface area contributed by atoms with E-state index in [-0.39, 0.29) is 6.03 Å². The number of aryl methyl sites for hydroxylation is 3. The lowest BCUT2D eigenvalue weighted by Gasteiger charge is -2.12. The molecule has 23 heavy (non-hydrogen) atoms. The summed E-state index contributed by atoms with van der Waals surface area (Å²) in [6, 6.07) is 8.61. The van der Waals surface area contributed by atoms with E-state index in [9.17, 15) is 4.79 Å². The average molecular weight is 310 g/mol. The van der Waals surface area contributed by atoms with Crippen molar-refractivity contribution in [2.45, 2.75) is 38.5 Å². The van der Waals surface area contributed by atoms with Crippen LogP contribution in [-0.4, -0.2) is 22.8 Å². The van der Waals surface area contributed by atoms with Gasteiger partial charge in [0, 0.05) is 12.0 Å². The van der Waals surface area contributed by atoms with Crippen molar-refractivity contribution in [2.75, 3.05) is 11.9 Å². The number of hydrogen-bond donors (Lipinski definition) is 3. The molecule has 2 unspecified atom stereocenters. The van der Waals surface area contributed by atoms with Crippen molar-refractivity contribution in [1.82, 2.24) is 15.5 Å². The highest BCUT2D eigenvalue weighted by Crippen LogP contribution is 2.61. The Bertz CT molecular complexity index is 747. The molecule has 1 fully saturated rings. The maximum atomic E-state index is 12.1. The summed E-state index contributed by atoms with van der Waals surface area (Å²) >= 11 is 0. The molecule has 2 amide bonds. The molecule has 2 aliphatic rings. The van der Waals surface area contributed by atoms with Crippen molar-refractivity contribution in [2.24, 2.45) is 5.92 Å². The van der Waals surface area contributed by atoms with Crippen LogP contribution in [0.2, 0.25) is 0 Å². The minimum Gasteiger partial charge on any atom is -0.338 e. The summed E-state index contributed by atoms with van der Waals surface area (Å²) in [4.78, 5) is 12.1. The van der Waals surface area contributed by atoms with Crippen LogP contribution in [0.1, 0.15) is 35.4 Å². The van der Waals surface area contributed by atoms with Crippen LogP contribution in [0, 0.1) is 19.8 Å². The predicted octanol–water partition coefficient (Wildman–Crippen LogP) is 3.05. The van der Waals surface area contributed by atoms with Gasteiger partial charge in [-0.1, -0.05) is 24.3 Å². The molecule has 1 saturated carbocycles. The zero-order chi connectivity index (χ0) is 16.0. The van der Waals surface area contributed by atoms with Crippen molar-refractivity contribution >= 4 is 11.7 Å². The van der Waals surface area contributed by atoms with E-state index in [1.165, 1.54) is 30.4 Å². The molecule has 1 heterocycles. The summed E-state index contributed by atoms with van der Waals surface area (Å²) < 4.78 is 0. The second kappa shape index (κ2) is 5.11. The highest BCUT2D eigenvalue weighted by molar-refractivity contribution is 5.90. The number of aromatic amines is 1. The van der Waals surface area contributed by atoms with Crippen LogP contribution >= 0.6 is 0 Å². The number of amides is 2. The summed E-state index contributed by atoms with van der Waals surface area (Å²) in [5.41, 5.74) is 5.79. The molecule has 0 saturated heterocycles. The first-order valence-electron chi connectivity index (χ1n) is 8.25. The molecule has 0 aliphatic heterocycles. The van der Waals surface area contributed by atoms with Gasteiger partial charge in [-0.15, -0.1) is 0 Å². The summed E-state index contributed by atoms with van der Waals surface area (Å²) in [5.74, 6) is 0.559. The van der Waals surface area contributed by atoms with E-state index in [2.05, 4.69) is 45.1 Å². The smallest absolute Gasteiger partial charge is 0.319 e. The molecule has 2 aromatic rings. The molecule has 1 aromatic heterocycles. The molecule has 2 aliphatic carbocycles. The number of carbonyl (C=O) groups excluding carboxylic acids is 1. The number of nitrogens with one attached hydrogen (secondary N) is 3. The van der Waals surface area contributed by atoms with Gasteiger partial charge in [0.25, 0.3) is 0 Å². The number of hydrogen-bond acceptors (Lipinski definition) is 2. The van der Waals surface area contributed by atoms with Gasteiger partial charge in [-0.25, -0.2) is 4.79 Å². The fraction of sp³-hybridized carbons (Fsp3) is 0.444. The molecule has 120 valence electrons. The van der Waals surface area contributed by atoms with Gasteiger partial charge in [0.05, 0.1) is 17.1 Å². The van der Waals surface area contributed by atoms with Crippen LogP contribution in [-0.2, 0) is 11.8 Å². The minimum absolute atomic E-state index is 0.147. The lowest BCUT2D eigenvalue weighted by atomic mass is 9.95. The van der Waals surface area contributed by atoms with Gasteiger partial charge >= 0.3 is 6.03 Å². The van der Waals surface area contributed by atoms with E-state index in [0.29, 0.717) is 11.3 Å². The molecule has 3 N–H and O–H groups in total. The molecule has 0 bridgehead atoms. The number of H-pyrrole nitrogens is 1. The third kappa shape index (κ3) is 2.31. The van der Waals surface area contributed by atoms with Crippen LogP contribution in [0.25, 0.3) is 0 Å². The molecule has 1 spiro atoms. The van der Waals surface area contributed by atoms with Gasteiger partial charge in [-0.3, -0.25) is 5.10 Å². The zero-order valence-corrected chi connectivity index (χ0v) is 13.6. The average Bonchev–Trinajstić information content (AvgIpc) is 3.02. The van der Waals surface area contributed by atoms with E-state index in [4.69, 9.17) is 0 Å². The number of anilines is 1. The number of nitrogens with zero attached hydrogens (tertiary/aromatic N) is 1. The third-order valence-electron chi connectivity index (χ3n) is 5.50. The molecular formula is C18H22N4O. The van der Waals surface area contributed by atoms with Crippen LogP contribution in [0.15, 0.2) is 24.3 Å². The van der Waals surface area contributed by atoms with Gasteiger partial charge in [0.15, 0.2) is 0 Å². The number of benzene rings is 1. The van der Waals surface area contributed by atoms with Crippen molar-refractivity contribution in [3.8, 4) is 0 Å². The van der Waals surface area contributed by atoms with Gasteiger partial charge in [-0.2, -0.15) is 5.10 Å². The Balaban J connectivity index is 1.36. The minimum atomic E-state index is -0.147. The molecule has 5 nitrogen and oxygen atoms in total. The van der Waals surface area contributed by atoms with E-state index in [1.54, 1.807) is 0 Å². The van der Waals surface area contributed by atoms with Gasteiger partial charge in [-0.05, 0) is 50.2 Å². The highest BCUT2D eigenvalue weighted by atomic mass is 16.2. The maximum absolute atomic E-state index is 12.1. The molecular weight excluding hydrogens is 288 g/mol. The van der Waals surface area contributed by atoms with Crippen molar-refractivity contribution in [1.29, 1.82) is 0 Å². The lowest BCUT2D eigenvalue weighted by molar-refractivity contribution is 0.251. The van der Waals surface area contributed by atoms with Crippen molar-refractivity contribution in [3.63, 3.8) is 0 Å². The number of rotatable bonds is 3. The van der Waals surface area contributed by atoms with E-state index < -0.39 is 0 Å². The SMILES string of the molecule is Cc1n[nH]c(C)c1NC(=O)NCC1CC12CCc1ccccc12. The summed E-state index contributed by atoms with van der Waals surface area (Å²) in [6.45, 7) is 4.52. The normalized spacial score (nSPS) is 24.5. The Morgan fingerprint density at radius 2 is 2.22 bits per heavy atom. The second-order valence-electron chi connectivity index (χ2n) is 6.86. The van der Waals surface area contributed by atoms with Gasteiger partial charge in [0.1, 0.15) is 0 Å². The fourth-order valence-corrected chi connectivity index (χ4v) is 4.11. The first-order valence-corrected chi connectivity index (χ1v) is 8.25. The standard InChI is InChI=1S/C18H22N4O/c1-11-16(12(2)22-21-11)20-17(23)19-10-14-9-18(14)8-7-13-5-3-4-6-15(13)18/h3-6,14H,7-10H2,1-2H3,(H,21,22)(H2,19,20,23). The number of aromatic nitrogens is 2. The quantitative estimate of drug-likeness (QED) is 0.815. The Labute approximate surface area is 135 Å². The third-order valence-corrected chi connectivity index (χ3v) is 5.50. The maximum Gasteiger partial charge on any atom is 0.319 e. The van der Waals surface area contributed by atoms with Gasteiger partial charge in [0.2, 0.25) is 0 Å². The Kier molecular flexibility index (Phi) is 3.18. The largest absolute Gasteiger partial charge is 0.338 e.